The predicted molar refractivity (Wildman–Crippen MR) is 124 cm³/mol. The van der Waals surface area contributed by atoms with E-state index in [1.165, 1.54) is 43.7 Å². The molecule has 0 aliphatic rings. The second-order valence-corrected chi connectivity index (χ2v) is 6.73. The van der Waals surface area contributed by atoms with E-state index in [1.54, 1.807) is 43.3 Å². The Labute approximate surface area is 194 Å². The molecule has 3 rings (SSSR count). The summed E-state index contributed by atoms with van der Waals surface area (Å²) >= 11 is 0. The molecule has 3 aromatic rings. The molecule has 0 aromatic heterocycles. The lowest BCUT2D eigenvalue weighted by atomic mass is 10.2. The van der Waals surface area contributed by atoms with Gasteiger partial charge in [-0.15, -0.1) is 0 Å². The molecule has 0 saturated heterocycles. The van der Waals surface area contributed by atoms with Crippen LogP contribution in [-0.2, 0) is 0 Å². The van der Waals surface area contributed by atoms with Crippen molar-refractivity contribution < 1.29 is 28.7 Å². The molecule has 174 valence electrons. The zero-order chi connectivity index (χ0) is 24.5. The highest BCUT2D eigenvalue weighted by molar-refractivity contribution is 5.97. The van der Waals surface area contributed by atoms with Crippen molar-refractivity contribution in [1.29, 1.82) is 0 Å². The number of rotatable bonds is 9. The summed E-state index contributed by atoms with van der Waals surface area (Å²) in [4.78, 5) is 35.0. The smallest absolute Gasteiger partial charge is 0.343 e. The van der Waals surface area contributed by atoms with Crippen molar-refractivity contribution in [3.05, 3.63) is 93.5 Å². The minimum absolute atomic E-state index is 0.131. The average Bonchev–Trinajstić information content (AvgIpc) is 2.85. The zero-order valence-corrected chi connectivity index (χ0v) is 18.4. The molecule has 3 aromatic carbocycles. The number of nitrogens with zero attached hydrogens (tertiary/aromatic N) is 2. The second-order valence-electron chi connectivity index (χ2n) is 6.73. The maximum atomic E-state index is 12.4. The number of methoxy groups -OCH3 is 1. The van der Waals surface area contributed by atoms with Gasteiger partial charge in [0, 0.05) is 12.1 Å². The Bertz CT molecular complexity index is 1220. The summed E-state index contributed by atoms with van der Waals surface area (Å²) in [5.74, 6) is -0.250. The maximum Gasteiger partial charge on any atom is 0.343 e. The van der Waals surface area contributed by atoms with Gasteiger partial charge < -0.3 is 14.2 Å². The standard InChI is InChI=1S/C24H21N3O7/c1-3-33-22-14-16(15-25-26-23(28)19-6-4-5-7-20(19)32-2)8-13-21(22)34-24(29)17-9-11-18(12-10-17)27(30)31/h4-15H,3H2,1-2H3,(H,26,28)/b25-15+. The van der Waals surface area contributed by atoms with Crippen LogP contribution in [0.2, 0.25) is 0 Å². The second kappa shape index (κ2) is 11.2. The third-order valence-corrected chi connectivity index (χ3v) is 4.52. The number of benzene rings is 3. The maximum absolute atomic E-state index is 12.4. The SMILES string of the molecule is CCOc1cc(/C=N/NC(=O)c2ccccc2OC)ccc1OC(=O)c1ccc([N+](=O)[O-])cc1. The number of nitro groups is 1. The van der Waals surface area contributed by atoms with Gasteiger partial charge in [-0.25, -0.2) is 10.2 Å². The fraction of sp³-hybridized carbons (Fsp3) is 0.125. The normalized spacial score (nSPS) is 10.5. The summed E-state index contributed by atoms with van der Waals surface area (Å²) in [6.45, 7) is 2.09. The Morgan fingerprint density at radius 1 is 1.03 bits per heavy atom. The third kappa shape index (κ3) is 5.94. The number of para-hydroxylation sites is 1. The molecule has 0 fully saturated rings. The summed E-state index contributed by atoms with van der Waals surface area (Å²) in [7, 11) is 1.47. The molecule has 1 N–H and O–H groups in total. The molecule has 0 heterocycles. The lowest BCUT2D eigenvalue weighted by Gasteiger charge is -2.11. The van der Waals surface area contributed by atoms with Crippen molar-refractivity contribution in [2.45, 2.75) is 6.92 Å². The van der Waals surface area contributed by atoms with Crippen LogP contribution in [0.4, 0.5) is 5.69 Å². The lowest BCUT2D eigenvalue weighted by molar-refractivity contribution is -0.384. The van der Waals surface area contributed by atoms with Crippen LogP contribution in [-0.4, -0.2) is 36.7 Å². The van der Waals surface area contributed by atoms with E-state index in [1.807, 2.05) is 0 Å². The van der Waals surface area contributed by atoms with Crippen molar-refractivity contribution in [2.24, 2.45) is 5.10 Å². The number of carbonyl (C=O) groups excluding carboxylic acids is 2. The van der Waals surface area contributed by atoms with Crippen LogP contribution in [0.3, 0.4) is 0 Å². The highest BCUT2D eigenvalue weighted by Gasteiger charge is 2.15. The average molecular weight is 463 g/mol. The van der Waals surface area contributed by atoms with Crippen LogP contribution in [0.1, 0.15) is 33.2 Å². The quantitative estimate of drug-likeness (QED) is 0.167. The number of carbonyl (C=O) groups is 2. The first-order valence-electron chi connectivity index (χ1n) is 10.1. The third-order valence-electron chi connectivity index (χ3n) is 4.52. The number of nitrogens with one attached hydrogen (secondary N) is 1. The molecular weight excluding hydrogens is 442 g/mol. The largest absolute Gasteiger partial charge is 0.496 e. The molecule has 0 radical (unpaired) electrons. The Balaban J connectivity index is 1.71. The summed E-state index contributed by atoms with van der Waals surface area (Å²) in [6.07, 6.45) is 1.41. The lowest BCUT2D eigenvalue weighted by Crippen LogP contribution is -2.18. The van der Waals surface area contributed by atoms with Crippen LogP contribution >= 0.6 is 0 Å². The number of non-ortho nitro benzene ring substituents is 1. The van der Waals surface area contributed by atoms with Crippen molar-refractivity contribution in [3.63, 3.8) is 0 Å². The Morgan fingerprint density at radius 2 is 1.76 bits per heavy atom. The van der Waals surface area contributed by atoms with E-state index in [0.29, 0.717) is 23.5 Å². The molecule has 34 heavy (non-hydrogen) atoms. The van der Waals surface area contributed by atoms with E-state index in [0.717, 1.165) is 0 Å². The van der Waals surface area contributed by atoms with Crippen LogP contribution in [0.5, 0.6) is 17.2 Å². The van der Waals surface area contributed by atoms with Gasteiger partial charge in [-0.1, -0.05) is 12.1 Å². The molecule has 1 amide bonds. The van der Waals surface area contributed by atoms with E-state index in [-0.39, 0.29) is 22.7 Å². The van der Waals surface area contributed by atoms with Crippen molar-refractivity contribution in [1.82, 2.24) is 5.43 Å². The van der Waals surface area contributed by atoms with E-state index < -0.39 is 16.8 Å². The summed E-state index contributed by atoms with van der Waals surface area (Å²) in [5, 5.41) is 14.7. The highest BCUT2D eigenvalue weighted by atomic mass is 16.6. The van der Waals surface area contributed by atoms with Crippen molar-refractivity contribution >= 4 is 23.8 Å². The summed E-state index contributed by atoms with van der Waals surface area (Å²) in [6, 6.07) is 16.6. The molecule has 0 saturated carbocycles. The monoisotopic (exact) mass is 463 g/mol. The first-order valence-corrected chi connectivity index (χ1v) is 10.1. The van der Waals surface area contributed by atoms with Crippen molar-refractivity contribution in [2.75, 3.05) is 13.7 Å². The number of nitro benzene ring substituents is 1. The molecule has 0 aliphatic carbocycles. The predicted octanol–water partition coefficient (Wildman–Crippen LogP) is 3.99. The fourth-order valence-electron chi connectivity index (χ4n) is 2.89. The van der Waals surface area contributed by atoms with Gasteiger partial charge in [-0.05, 0) is 55.0 Å². The zero-order valence-electron chi connectivity index (χ0n) is 18.4. The van der Waals surface area contributed by atoms with E-state index in [4.69, 9.17) is 14.2 Å². The van der Waals surface area contributed by atoms with Crippen LogP contribution in [0, 0.1) is 10.1 Å². The molecule has 0 aliphatic heterocycles. The number of amides is 1. The Hall–Kier alpha value is -4.73. The Morgan fingerprint density at radius 3 is 2.44 bits per heavy atom. The van der Waals surface area contributed by atoms with Gasteiger partial charge in [-0.2, -0.15) is 5.10 Å². The molecule has 0 atom stereocenters. The highest BCUT2D eigenvalue weighted by Crippen LogP contribution is 2.29. The topological polar surface area (TPSA) is 129 Å². The fourth-order valence-corrected chi connectivity index (χ4v) is 2.89. The number of hydrogen-bond donors (Lipinski definition) is 1. The molecule has 10 heteroatoms. The first-order chi connectivity index (χ1) is 16.4. The number of ether oxygens (including phenoxy) is 3. The van der Waals surface area contributed by atoms with E-state index in [9.17, 15) is 19.7 Å². The van der Waals surface area contributed by atoms with E-state index in [2.05, 4.69) is 10.5 Å². The molecule has 0 unspecified atom stereocenters. The van der Waals surface area contributed by atoms with Crippen molar-refractivity contribution in [3.8, 4) is 17.2 Å². The van der Waals surface area contributed by atoms with Gasteiger partial charge in [0.05, 0.1) is 36.0 Å². The van der Waals surface area contributed by atoms with Gasteiger partial charge in [0.1, 0.15) is 5.75 Å². The molecule has 10 nitrogen and oxygen atoms in total. The van der Waals surface area contributed by atoms with Crippen LogP contribution in [0.15, 0.2) is 71.8 Å². The molecule has 0 bridgehead atoms. The number of hydrazone groups is 1. The van der Waals surface area contributed by atoms with Gasteiger partial charge in [0.2, 0.25) is 0 Å². The first kappa shape index (κ1) is 23.9. The summed E-state index contributed by atoms with van der Waals surface area (Å²) in [5.41, 5.74) is 3.37. The van der Waals surface area contributed by atoms with Crippen LogP contribution < -0.4 is 19.6 Å². The van der Waals surface area contributed by atoms with Gasteiger partial charge >= 0.3 is 5.97 Å². The molecule has 0 spiro atoms. The minimum atomic E-state index is -0.693. The van der Waals surface area contributed by atoms with Gasteiger partial charge in [0.25, 0.3) is 11.6 Å². The van der Waals surface area contributed by atoms with E-state index >= 15 is 0 Å². The minimum Gasteiger partial charge on any atom is -0.496 e. The Kier molecular flexibility index (Phi) is 7.90. The number of esters is 1. The molecular formula is C24H21N3O7. The number of hydrogen-bond acceptors (Lipinski definition) is 8. The summed E-state index contributed by atoms with van der Waals surface area (Å²) < 4.78 is 16.1. The van der Waals surface area contributed by atoms with Gasteiger partial charge in [0.15, 0.2) is 11.5 Å². The van der Waals surface area contributed by atoms with Crippen LogP contribution in [0.25, 0.3) is 0 Å². The van der Waals surface area contributed by atoms with Gasteiger partial charge in [-0.3, -0.25) is 14.9 Å².